The Bertz CT molecular complexity index is 499. The number of likely N-dealkylation sites (tertiary alicyclic amines) is 1. The van der Waals surface area contributed by atoms with Gasteiger partial charge in [-0.25, -0.2) is 0 Å². The van der Waals surface area contributed by atoms with Crippen molar-refractivity contribution in [3.05, 3.63) is 29.3 Å². The SMILES string of the molecule is O=C(c1ccc2c(c1)CCN2)N1CCCC(CCO)C1. The van der Waals surface area contributed by atoms with Crippen molar-refractivity contribution in [2.24, 2.45) is 5.92 Å². The molecule has 3 rings (SSSR count). The summed E-state index contributed by atoms with van der Waals surface area (Å²) in [5.74, 6) is 0.594. The van der Waals surface area contributed by atoms with E-state index in [-0.39, 0.29) is 12.5 Å². The summed E-state index contributed by atoms with van der Waals surface area (Å²) >= 11 is 0. The largest absolute Gasteiger partial charge is 0.396 e. The van der Waals surface area contributed by atoms with Gasteiger partial charge in [-0.2, -0.15) is 0 Å². The maximum absolute atomic E-state index is 12.6. The summed E-state index contributed by atoms with van der Waals surface area (Å²) in [5, 5.41) is 12.4. The number of carbonyl (C=O) groups is 1. The highest BCUT2D eigenvalue weighted by atomic mass is 16.3. The van der Waals surface area contributed by atoms with E-state index in [0.29, 0.717) is 5.92 Å². The molecule has 0 saturated carbocycles. The summed E-state index contributed by atoms with van der Waals surface area (Å²) in [7, 11) is 0. The molecule has 2 aliphatic heterocycles. The summed E-state index contributed by atoms with van der Waals surface area (Å²) in [5.41, 5.74) is 3.22. The summed E-state index contributed by atoms with van der Waals surface area (Å²) < 4.78 is 0. The van der Waals surface area contributed by atoms with E-state index in [1.54, 1.807) is 0 Å². The third-order valence-corrected chi connectivity index (χ3v) is 4.41. The first-order valence-electron chi connectivity index (χ1n) is 7.55. The molecular weight excluding hydrogens is 252 g/mol. The van der Waals surface area contributed by atoms with Crippen molar-refractivity contribution >= 4 is 11.6 Å². The van der Waals surface area contributed by atoms with Crippen molar-refractivity contribution in [3.8, 4) is 0 Å². The Morgan fingerprint density at radius 2 is 2.35 bits per heavy atom. The standard InChI is InChI=1S/C16H22N2O2/c19-9-6-12-2-1-8-18(11-12)16(20)14-3-4-15-13(10-14)5-7-17-15/h3-4,10,12,17,19H,1-2,5-9,11H2. The van der Waals surface area contributed by atoms with Crippen LogP contribution in [0.2, 0.25) is 0 Å². The van der Waals surface area contributed by atoms with Crippen LogP contribution in [-0.4, -0.2) is 42.2 Å². The van der Waals surface area contributed by atoms with E-state index in [1.807, 2.05) is 23.1 Å². The second-order valence-corrected chi connectivity index (χ2v) is 5.82. The van der Waals surface area contributed by atoms with Crippen LogP contribution in [0.3, 0.4) is 0 Å². The van der Waals surface area contributed by atoms with E-state index in [0.717, 1.165) is 50.9 Å². The van der Waals surface area contributed by atoms with E-state index in [1.165, 1.54) is 11.3 Å². The molecule has 1 amide bonds. The number of benzene rings is 1. The maximum Gasteiger partial charge on any atom is 0.253 e. The van der Waals surface area contributed by atoms with Gasteiger partial charge in [0.1, 0.15) is 0 Å². The van der Waals surface area contributed by atoms with Crippen LogP contribution in [0, 0.1) is 5.92 Å². The lowest BCUT2D eigenvalue weighted by molar-refractivity contribution is 0.0653. The van der Waals surface area contributed by atoms with Crippen LogP contribution in [0.1, 0.15) is 35.2 Å². The van der Waals surface area contributed by atoms with Crippen molar-refractivity contribution in [3.63, 3.8) is 0 Å². The minimum absolute atomic E-state index is 0.141. The fraction of sp³-hybridized carbons (Fsp3) is 0.562. The van der Waals surface area contributed by atoms with Crippen LogP contribution >= 0.6 is 0 Å². The molecule has 2 aliphatic rings. The van der Waals surface area contributed by atoms with Crippen molar-refractivity contribution in [2.75, 3.05) is 31.6 Å². The van der Waals surface area contributed by atoms with Gasteiger partial charge in [-0.05, 0) is 55.4 Å². The topological polar surface area (TPSA) is 52.6 Å². The van der Waals surface area contributed by atoms with E-state index < -0.39 is 0 Å². The molecule has 1 aromatic carbocycles. The molecular formula is C16H22N2O2. The molecule has 2 N–H and O–H groups in total. The second kappa shape index (κ2) is 5.83. The third kappa shape index (κ3) is 2.66. The van der Waals surface area contributed by atoms with Crippen molar-refractivity contribution in [1.82, 2.24) is 4.90 Å². The minimum atomic E-state index is 0.141. The number of anilines is 1. The molecule has 0 spiro atoms. The Morgan fingerprint density at radius 1 is 1.45 bits per heavy atom. The van der Waals surface area contributed by atoms with Gasteiger partial charge in [0, 0.05) is 37.5 Å². The average molecular weight is 274 g/mol. The zero-order valence-electron chi connectivity index (χ0n) is 11.8. The molecule has 1 saturated heterocycles. The van der Waals surface area contributed by atoms with Gasteiger partial charge in [0.25, 0.3) is 5.91 Å². The number of nitrogens with zero attached hydrogens (tertiary/aromatic N) is 1. The molecule has 1 atom stereocenters. The van der Waals surface area contributed by atoms with Crippen LogP contribution in [0.25, 0.3) is 0 Å². The lowest BCUT2D eigenvalue weighted by Crippen LogP contribution is -2.40. The number of hydrogen-bond acceptors (Lipinski definition) is 3. The number of nitrogens with one attached hydrogen (secondary N) is 1. The Kier molecular flexibility index (Phi) is 3.92. The first-order valence-corrected chi connectivity index (χ1v) is 7.55. The lowest BCUT2D eigenvalue weighted by atomic mass is 9.94. The van der Waals surface area contributed by atoms with Gasteiger partial charge in [0.2, 0.25) is 0 Å². The average Bonchev–Trinajstić information content (AvgIpc) is 2.94. The normalized spacial score (nSPS) is 21.4. The molecule has 1 fully saturated rings. The Balaban J connectivity index is 1.72. The highest BCUT2D eigenvalue weighted by Gasteiger charge is 2.24. The minimum Gasteiger partial charge on any atom is -0.396 e. The molecule has 2 heterocycles. The monoisotopic (exact) mass is 274 g/mol. The van der Waals surface area contributed by atoms with Gasteiger partial charge in [-0.15, -0.1) is 0 Å². The fourth-order valence-corrected chi connectivity index (χ4v) is 3.29. The van der Waals surface area contributed by atoms with Gasteiger partial charge >= 0.3 is 0 Å². The summed E-state index contributed by atoms with van der Waals surface area (Å²) in [6.45, 7) is 2.82. The Labute approximate surface area is 119 Å². The molecule has 1 unspecified atom stereocenters. The number of piperidine rings is 1. The molecule has 4 nitrogen and oxygen atoms in total. The lowest BCUT2D eigenvalue weighted by Gasteiger charge is -2.32. The van der Waals surface area contributed by atoms with Crippen LogP contribution in [0.4, 0.5) is 5.69 Å². The van der Waals surface area contributed by atoms with Crippen molar-refractivity contribution in [1.29, 1.82) is 0 Å². The van der Waals surface area contributed by atoms with Gasteiger partial charge in [0.05, 0.1) is 0 Å². The molecule has 1 aromatic rings. The first-order chi connectivity index (χ1) is 9.78. The second-order valence-electron chi connectivity index (χ2n) is 5.82. The molecule has 0 radical (unpaired) electrons. The van der Waals surface area contributed by atoms with Crippen molar-refractivity contribution < 1.29 is 9.90 Å². The molecule has 4 heteroatoms. The summed E-state index contributed by atoms with van der Waals surface area (Å²) in [6, 6.07) is 5.98. The highest BCUT2D eigenvalue weighted by molar-refractivity contribution is 5.95. The molecule has 0 aromatic heterocycles. The molecule has 0 aliphatic carbocycles. The third-order valence-electron chi connectivity index (χ3n) is 4.41. The van der Waals surface area contributed by atoms with Gasteiger partial charge in [0.15, 0.2) is 0 Å². The summed E-state index contributed by atoms with van der Waals surface area (Å²) in [6.07, 6.45) is 3.98. The zero-order chi connectivity index (χ0) is 13.9. The van der Waals surface area contributed by atoms with E-state index in [4.69, 9.17) is 5.11 Å². The number of amides is 1. The van der Waals surface area contributed by atoms with E-state index in [2.05, 4.69) is 5.32 Å². The number of carbonyl (C=O) groups excluding carboxylic acids is 1. The Morgan fingerprint density at radius 3 is 3.20 bits per heavy atom. The van der Waals surface area contributed by atoms with Gasteiger partial charge < -0.3 is 15.3 Å². The number of aliphatic hydroxyl groups is 1. The smallest absolute Gasteiger partial charge is 0.253 e. The molecule has 108 valence electrons. The van der Waals surface area contributed by atoms with Crippen LogP contribution in [0.5, 0.6) is 0 Å². The van der Waals surface area contributed by atoms with Crippen molar-refractivity contribution in [2.45, 2.75) is 25.7 Å². The molecule has 20 heavy (non-hydrogen) atoms. The number of fused-ring (bicyclic) bond motifs is 1. The molecule has 0 bridgehead atoms. The quantitative estimate of drug-likeness (QED) is 0.885. The maximum atomic E-state index is 12.6. The van der Waals surface area contributed by atoms with Crippen LogP contribution < -0.4 is 5.32 Å². The zero-order valence-corrected chi connectivity index (χ0v) is 11.8. The van der Waals surface area contributed by atoms with Gasteiger partial charge in [-0.3, -0.25) is 4.79 Å². The number of aliphatic hydroxyl groups excluding tert-OH is 1. The predicted octanol–water partition coefficient (Wildman–Crippen LogP) is 1.89. The van der Waals surface area contributed by atoms with Crippen LogP contribution in [-0.2, 0) is 6.42 Å². The fourth-order valence-electron chi connectivity index (χ4n) is 3.29. The van der Waals surface area contributed by atoms with E-state index in [9.17, 15) is 4.79 Å². The summed E-state index contributed by atoms with van der Waals surface area (Å²) in [4.78, 5) is 14.5. The van der Waals surface area contributed by atoms with E-state index >= 15 is 0 Å². The Hall–Kier alpha value is -1.55. The van der Waals surface area contributed by atoms with Gasteiger partial charge in [-0.1, -0.05) is 0 Å². The van der Waals surface area contributed by atoms with Crippen LogP contribution in [0.15, 0.2) is 18.2 Å². The number of hydrogen-bond donors (Lipinski definition) is 2. The highest BCUT2D eigenvalue weighted by Crippen LogP contribution is 2.25. The first kappa shape index (κ1) is 13.4. The predicted molar refractivity (Wildman–Crippen MR) is 79.0 cm³/mol. The number of rotatable bonds is 3.